The van der Waals surface area contributed by atoms with E-state index < -0.39 is 5.97 Å². The van der Waals surface area contributed by atoms with Crippen molar-refractivity contribution in [2.45, 2.75) is 32.4 Å². The number of piperidine rings is 1. The molecule has 8 heteroatoms. The third-order valence-corrected chi connectivity index (χ3v) is 6.72. The Labute approximate surface area is 219 Å². The van der Waals surface area contributed by atoms with Crippen molar-refractivity contribution in [1.29, 1.82) is 0 Å². The topological polar surface area (TPSA) is 91.8 Å². The van der Waals surface area contributed by atoms with Crippen molar-refractivity contribution in [2.75, 3.05) is 18.4 Å². The van der Waals surface area contributed by atoms with E-state index in [2.05, 4.69) is 15.2 Å². The van der Waals surface area contributed by atoms with Crippen LogP contribution >= 0.6 is 0 Å². The van der Waals surface area contributed by atoms with Gasteiger partial charge in [0.25, 0.3) is 5.91 Å². The van der Waals surface area contributed by atoms with E-state index in [-0.39, 0.29) is 23.4 Å². The third-order valence-electron chi connectivity index (χ3n) is 6.72. The maximum Gasteiger partial charge on any atom is 0.335 e. The first kappa shape index (κ1) is 25.4. The summed E-state index contributed by atoms with van der Waals surface area (Å²) in [5, 5.41) is 12.5. The van der Waals surface area contributed by atoms with E-state index in [1.165, 1.54) is 18.2 Å². The fourth-order valence-electron chi connectivity index (χ4n) is 4.69. The second kappa shape index (κ2) is 11.0. The average molecular weight is 514 g/mol. The number of carboxylic acids is 1. The highest BCUT2D eigenvalue weighted by atomic mass is 19.1. The summed E-state index contributed by atoms with van der Waals surface area (Å²) >= 11 is 0. The van der Waals surface area contributed by atoms with Crippen molar-refractivity contribution in [3.8, 4) is 5.75 Å². The minimum atomic E-state index is -1.01. The van der Waals surface area contributed by atoms with Gasteiger partial charge >= 0.3 is 5.97 Å². The van der Waals surface area contributed by atoms with Gasteiger partial charge in [-0.25, -0.2) is 14.2 Å². The van der Waals surface area contributed by atoms with Gasteiger partial charge in [0, 0.05) is 48.0 Å². The number of fused-ring (bicyclic) bond motifs is 1. The zero-order chi connectivity index (χ0) is 26.6. The summed E-state index contributed by atoms with van der Waals surface area (Å²) in [6, 6.07) is 20.3. The van der Waals surface area contributed by atoms with Gasteiger partial charge in [-0.3, -0.25) is 9.69 Å². The smallest absolute Gasteiger partial charge is 0.335 e. The molecule has 3 aromatic carbocycles. The van der Waals surface area contributed by atoms with Crippen LogP contribution in [-0.4, -0.2) is 46.1 Å². The van der Waals surface area contributed by atoms with Gasteiger partial charge in [0.15, 0.2) is 0 Å². The largest absolute Gasteiger partial charge is 0.490 e. The number of carbonyl (C=O) groups is 2. The average Bonchev–Trinajstić information content (AvgIpc) is 2.91. The number of halogens is 1. The standard InChI is InChI=1S/C30H28FN3O4/c1-19-17-27(25-3-2-4-26(31)28(25)32-19)38-24-13-15-34(16-14-24)18-20-5-7-21(8-6-20)29(35)33-23-11-9-22(10-12-23)30(36)37/h2-12,17,24H,13-16,18H2,1H3,(H,33,35)(H,36,37). The first-order valence-electron chi connectivity index (χ1n) is 12.5. The fraction of sp³-hybridized carbons (Fsp3) is 0.233. The van der Waals surface area contributed by atoms with Crippen molar-refractivity contribution in [3.05, 3.63) is 101 Å². The molecule has 0 saturated carbocycles. The minimum Gasteiger partial charge on any atom is -0.490 e. The molecule has 194 valence electrons. The first-order valence-corrected chi connectivity index (χ1v) is 12.5. The lowest BCUT2D eigenvalue weighted by Gasteiger charge is -2.32. The number of hydrogen-bond acceptors (Lipinski definition) is 5. The van der Waals surface area contributed by atoms with Crippen LogP contribution in [0.25, 0.3) is 10.9 Å². The van der Waals surface area contributed by atoms with Crippen LogP contribution in [-0.2, 0) is 6.54 Å². The van der Waals surface area contributed by atoms with Gasteiger partial charge in [0.05, 0.1) is 5.56 Å². The van der Waals surface area contributed by atoms with Crippen molar-refractivity contribution < 1.29 is 23.8 Å². The molecule has 0 spiro atoms. The molecule has 4 aromatic rings. The Morgan fingerprint density at radius 2 is 1.71 bits per heavy atom. The molecule has 1 aliphatic rings. The van der Waals surface area contributed by atoms with Crippen LogP contribution in [0.3, 0.4) is 0 Å². The number of carboxylic acid groups (broad SMARTS) is 1. The number of aryl methyl sites for hydroxylation is 1. The molecule has 0 atom stereocenters. The molecule has 1 aliphatic heterocycles. The molecular weight excluding hydrogens is 485 g/mol. The highest BCUT2D eigenvalue weighted by molar-refractivity contribution is 6.04. The number of hydrogen-bond donors (Lipinski definition) is 2. The Morgan fingerprint density at radius 3 is 2.39 bits per heavy atom. The van der Waals surface area contributed by atoms with Crippen LogP contribution in [0.15, 0.2) is 72.8 Å². The molecule has 0 aliphatic carbocycles. The molecule has 2 N–H and O–H groups in total. The number of likely N-dealkylation sites (tertiary alicyclic amines) is 1. The highest BCUT2D eigenvalue weighted by Gasteiger charge is 2.22. The molecule has 5 rings (SSSR count). The van der Waals surface area contributed by atoms with E-state index in [0.717, 1.165) is 43.7 Å². The monoisotopic (exact) mass is 513 g/mol. The van der Waals surface area contributed by atoms with E-state index >= 15 is 0 Å². The van der Waals surface area contributed by atoms with E-state index in [1.54, 1.807) is 30.3 Å². The van der Waals surface area contributed by atoms with Crippen LogP contribution in [0.4, 0.5) is 10.1 Å². The van der Waals surface area contributed by atoms with E-state index in [4.69, 9.17) is 9.84 Å². The summed E-state index contributed by atoms with van der Waals surface area (Å²) in [5.41, 5.74) is 3.40. The maximum atomic E-state index is 14.2. The van der Waals surface area contributed by atoms with Crippen molar-refractivity contribution >= 4 is 28.5 Å². The van der Waals surface area contributed by atoms with Crippen molar-refractivity contribution in [3.63, 3.8) is 0 Å². The van der Waals surface area contributed by atoms with Gasteiger partial charge in [-0.15, -0.1) is 0 Å². The van der Waals surface area contributed by atoms with Gasteiger partial charge in [-0.2, -0.15) is 0 Å². The highest BCUT2D eigenvalue weighted by Crippen LogP contribution is 2.29. The zero-order valence-electron chi connectivity index (χ0n) is 21.0. The van der Waals surface area contributed by atoms with Gasteiger partial charge in [0.2, 0.25) is 0 Å². The predicted molar refractivity (Wildman–Crippen MR) is 143 cm³/mol. The lowest BCUT2D eigenvalue weighted by molar-refractivity contribution is 0.0696. The molecule has 7 nitrogen and oxygen atoms in total. The Balaban J connectivity index is 1.14. The molecule has 1 saturated heterocycles. The summed E-state index contributed by atoms with van der Waals surface area (Å²) < 4.78 is 20.5. The fourth-order valence-corrected chi connectivity index (χ4v) is 4.69. The maximum absolute atomic E-state index is 14.2. The summed E-state index contributed by atoms with van der Waals surface area (Å²) in [4.78, 5) is 30.2. The molecule has 0 unspecified atom stereocenters. The minimum absolute atomic E-state index is 0.0511. The molecule has 2 heterocycles. The van der Waals surface area contributed by atoms with Gasteiger partial charge in [-0.1, -0.05) is 18.2 Å². The van der Waals surface area contributed by atoms with Crippen LogP contribution in [0.1, 0.15) is 44.8 Å². The molecule has 1 amide bonds. The number of aromatic nitrogens is 1. The Bertz CT molecular complexity index is 1460. The van der Waals surface area contributed by atoms with Crippen molar-refractivity contribution in [1.82, 2.24) is 9.88 Å². The van der Waals surface area contributed by atoms with E-state index in [1.807, 2.05) is 31.2 Å². The number of aromatic carboxylic acids is 1. The normalized spacial score (nSPS) is 14.4. The lowest BCUT2D eigenvalue weighted by atomic mass is 10.1. The summed E-state index contributed by atoms with van der Waals surface area (Å²) in [6.07, 6.45) is 1.77. The van der Waals surface area contributed by atoms with Crippen molar-refractivity contribution in [2.24, 2.45) is 0 Å². The molecule has 1 fully saturated rings. The zero-order valence-corrected chi connectivity index (χ0v) is 21.0. The summed E-state index contributed by atoms with van der Waals surface area (Å²) in [6.45, 7) is 4.35. The number of ether oxygens (including phenoxy) is 1. The number of amides is 1. The Hall–Kier alpha value is -4.30. The summed E-state index contributed by atoms with van der Waals surface area (Å²) in [7, 11) is 0. The third kappa shape index (κ3) is 5.81. The number of rotatable bonds is 7. The van der Waals surface area contributed by atoms with E-state index in [9.17, 15) is 14.0 Å². The second-order valence-electron chi connectivity index (χ2n) is 9.52. The van der Waals surface area contributed by atoms with Crippen LogP contribution in [0, 0.1) is 12.7 Å². The number of carbonyl (C=O) groups excluding carboxylic acids is 1. The van der Waals surface area contributed by atoms with Crippen LogP contribution < -0.4 is 10.1 Å². The predicted octanol–water partition coefficient (Wildman–Crippen LogP) is 5.68. The molecular formula is C30H28FN3O4. The molecule has 0 radical (unpaired) electrons. The second-order valence-corrected chi connectivity index (χ2v) is 9.52. The number of anilines is 1. The lowest BCUT2D eigenvalue weighted by Crippen LogP contribution is -2.37. The first-order chi connectivity index (χ1) is 18.4. The SMILES string of the molecule is Cc1cc(OC2CCN(Cc3ccc(C(=O)Nc4ccc(C(=O)O)cc4)cc3)CC2)c2cccc(F)c2n1. The number of para-hydroxylation sites is 1. The number of pyridine rings is 1. The van der Waals surface area contributed by atoms with E-state index in [0.29, 0.717) is 27.9 Å². The molecule has 38 heavy (non-hydrogen) atoms. The van der Waals surface area contributed by atoms with Gasteiger partial charge in [0.1, 0.15) is 23.2 Å². The Morgan fingerprint density at radius 1 is 1.03 bits per heavy atom. The number of benzene rings is 3. The quantitative estimate of drug-likeness (QED) is 0.331. The number of nitrogens with one attached hydrogen (secondary N) is 1. The Kier molecular flexibility index (Phi) is 7.33. The summed E-state index contributed by atoms with van der Waals surface area (Å²) in [5.74, 6) is -0.929. The van der Waals surface area contributed by atoms with Crippen LogP contribution in [0.5, 0.6) is 5.75 Å². The molecule has 1 aromatic heterocycles. The molecule has 0 bridgehead atoms. The van der Waals surface area contributed by atoms with Gasteiger partial charge < -0.3 is 15.2 Å². The number of nitrogens with zero attached hydrogens (tertiary/aromatic N) is 2. The van der Waals surface area contributed by atoms with Crippen LogP contribution in [0.2, 0.25) is 0 Å². The van der Waals surface area contributed by atoms with Gasteiger partial charge in [-0.05, 0) is 73.9 Å².